The molecular weight excluding hydrogens is 460 g/mol. The van der Waals surface area contributed by atoms with Gasteiger partial charge in [0, 0.05) is 25.1 Å². The number of carboxylic acid groups (broad SMARTS) is 1. The maximum absolute atomic E-state index is 13.1. The number of amides is 1. The molecule has 1 fully saturated rings. The number of aryl methyl sites for hydroxylation is 1. The summed E-state index contributed by atoms with van der Waals surface area (Å²) in [4.78, 5) is 24.4. The number of fused-ring (bicyclic) bond motifs is 1. The molecule has 2 N–H and O–H groups in total. The van der Waals surface area contributed by atoms with Crippen molar-refractivity contribution < 1.29 is 32.6 Å². The third-order valence-electron chi connectivity index (χ3n) is 6.15. The first-order valence-corrected chi connectivity index (χ1v) is 12.7. The van der Waals surface area contributed by atoms with E-state index in [4.69, 9.17) is 9.47 Å². The van der Waals surface area contributed by atoms with Crippen LogP contribution in [0.2, 0.25) is 0 Å². The Morgan fingerprint density at radius 3 is 2.35 bits per heavy atom. The highest BCUT2D eigenvalue weighted by molar-refractivity contribution is 7.89. The standard InChI is InChI=1S/C24H28N2O7S/c1-16-2-4-17(5-3-16)20(15-23(27)28)25-24(29)18-8-10-26(11-9-18)34(30,31)19-6-7-21-22(14-19)33-13-12-32-21/h2-7,14,18,20H,8-13,15H2,1H3,(H,25,29)(H,27,28)/t20-/m0/s1. The molecule has 0 unspecified atom stereocenters. The van der Waals surface area contributed by atoms with Crippen LogP contribution >= 0.6 is 0 Å². The van der Waals surface area contributed by atoms with Crippen molar-refractivity contribution in [2.24, 2.45) is 5.92 Å². The van der Waals surface area contributed by atoms with Crippen LogP contribution in [0.5, 0.6) is 11.5 Å². The Kier molecular flexibility index (Phi) is 7.08. The van der Waals surface area contributed by atoms with Gasteiger partial charge in [0.05, 0.1) is 17.4 Å². The van der Waals surface area contributed by atoms with E-state index in [0.29, 0.717) is 37.6 Å². The third-order valence-corrected chi connectivity index (χ3v) is 8.05. The molecule has 2 heterocycles. The molecule has 0 bridgehead atoms. The molecule has 2 aliphatic heterocycles. The van der Waals surface area contributed by atoms with E-state index in [2.05, 4.69) is 5.32 Å². The summed E-state index contributed by atoms with van der Waals surface area (Å²) in [7, 11) is -3.74. The fourth-order valence-corrected chi connectivity index (χ4v) is 5.69. The number of nitrogens with one attached hydrogen (secondary N) is 1. The molecule has 0 aromatic heterocycles. The lowest BCUT2D eigenvalue weighted by Crippen LogP contribution is -2.43. The van der Waals surface area contributed by atoms with Gasteiger partial charge in [-0.15, -0.1) is 0 Å². The van der Waals surface area contributed by atoms with Crippen LogP contribution in [0, 0.1) is 12.8 Å². The minimum atomic E-state index is -3.74. The number of benzene rings is 2. The Balaban J connectivity index is 1.39. The number of carbonyl (C=O) groups is 2. The summed E-state index contributed by atoms with van der Waals surface area (Å²) in [6, 6.07) is 11.3. The molecule has 4 rings (SSSR count). The summed E-state index contributed by atoms with van der Waals surface area (Å²) in [6.07, 6.45) is 0.471. The van der Waals surface area contributed by atoms with Crippen molar-refractivity contribution >= 4 is 21.9 Å². The summed E-state index contributed by atoms with van der Waals surface area (Å²) in [5, 5.41) is 12.1. The van der Waals surface area contributed by atoms with Crippen LogP contribution in [-0.4, -0.2) is 56.0 Å². The Morgan fingerprint density at radius 2 is 1.71 bits per heavy atom. The molecule has 2 aliphatic rings. The molecule has 1 amide bonds. The van der Waals surface area contributed by atoms with Crippen LogP contribution in [0.4, 0.5) is 0 Å². The lowest BCUT2D eigenvalue weighted by molar-refractivity contribution is -0.138. The number of piperidine rings is 1. The number of carboxylic acids is 1. The molecule has 2 aromatic rings. The molecule has 0 aliphatic carbocycles. The molecule has 0 saturated carbocycles. The second kappa shape index (κ2) is 10.0. The molecule has 0 spiro atoms. The number of hydrogen-bond acceptors (Lipinski definition) is 6. The van der Waals surface area contributed by atoms with Gasteiger partial charge in [0.1, 0.15) is 13.2 Å². The molecule has 34 heavy (non-hydrogen) atoms. The van der Waals surface area contributed by atoms with Crippen LogP contribution in [0.1, 0.15) is 36.4 Å². The van der Waals surface area contributed by atoms with Gasteiger partial charge in [0.2, 0.25) is 15.9 Å². The van der Waals surface area contributed by atoms with Crippen LogP contribution in [0.15, 0.2) is 47.4 Å². The summed E-state index contributed by atoms with van der Waals surface area (Å²) in [6.45, 7) is 3.11. The van der Waals surface area contributed by atoms with Gasteiger partial charge in [-0.3, -0.25) is 9.59 Å². The quantitative estimate of drug-likeness (QED) is 0.614. The highest BCUT2D eigenvalue weighted by atomic mass is 32.2. The average molecular weight is 489 g/mol. The normalized spacial score (nSPS) is 17.7. The van der Waals surface area contributed by atoms with Crippen LogP contribution < -0.4 is 14.8 Å². The summed E-state index contributed by atoms with van der Waals surface area (Å²) in [5.41, 5.74) is 1.76. The molecule has 182 valence electrons. The molecule has 10 heteroatoms. The van der Waals surface area contributed by atoms with E-state index in [1.165, 1.54) is 16.4 Å². The van der Waals surface area contributed by atoms with Gasteiger partial charge in [0.15, 0.2) is 11.5 Å². The van der Waals surface area contributed by atoms with E-state index in [-0.39, 0.29) is 30.3 Å². The lowest BCUT2D eigenvalue weighted by atomic mass is 9.95. The first-order chi connectivity index (χ1) is 16.2. The summed E-state index contributed by atoms with van der Waals surface area (Å²) >= 11 is 0. The number of aliphatic carboxylic acids is 1. The smallest absolute Gasteiger partial charge is 0.305 e. The topological polar surface area (TPSA) is 122 Å². The largest absolute Gasteiger partial charge is 0.486 e. The predicted molar refractivity (Wildman–Crippen MR) is 123 cm³/mol. The molecule has 1 saturated heterocycles. The zero-order chi connectivity index (χ0) is 24.3. The maximum atomic E-state index is 13.1. The van der Waals surface area contributed by atoms with Gasteiger partial charge in [-0.2, -0.15) is 4.31 Å². The average Bonchev–Trinajstić information content (AvgIpc) is 2.83. The second-order valence-electron chi connectivity index (χ2n) is 8.55. The van der Waals surface area contributed by atoms with E-state index in [1.807, 2.05) is 31.2 Å². The van der Waals surface area contributed by atoms with E-state index in [9.17, 15) is 23.1 Å². The summed E-state index contributed by atoms with van der Waals surface area (Å²) in [5.74, 6) is -0.741. The SMILES string of the molecule is Cc1ccc([C@H](CC(=O)O)NC(=O)C2CCN(S(=O)(=O)c3ccc4c(c3)OCCO4)CC2)cc1. The van der Waals surface area contributed by atoms with Crippen LogP contribution in [-0.2, 0) is 19.6 Å². The van der Waals surface area contributed by atoms with Gasteiger partial charge in [0.25, 0.3) is 0 Å². The van der Waals surface area contributed by atoms with Gasteiger partial charge in [-0.25, -0.2) is 8.42 Å². The van der Waals surface area contributed by atoms with Gasteiger partial charge in [-0.05, 0) is 37.5 Å². The number of sulfonamides is 1. The summed E-state index contributed by atoms with van der Waals surface area (Å²) < 4.78 is 38.6. The maximum Gasteiger partial charge on any atom is 0.305 e. The third kappa shape index (κ3) is 5.34. The van der Waals surface area contributed by atoms with Crippen molar-refractivity contribution in [1.29, 1.82) is 0 Å². The fourth-order valence-electron chi connectivity index (χ4n) is 4.21. The van der Waals surface area contributed by atoms with Gasteiger partial charge in [-0.1, -0.05) is 29.8 Å². The molecule has 1 atom stereocenters. The Hall–Kier alpha value is -3.11. The highest BCUT2D eigenvalue weighted by Crippen LogP contribution is 2.34. The zero-order valence-electron chi connectivity index (χ0n) is 18.9. The first kappa shape index (κ1) is 24.0. The zero-order valence-corrected chi connectivity index (χ0v) is 19.7. The number of hydrogen-bond donors (Lipinski definition) is 2. The van der Waals surface area contributed by atoms with Crippen molar-refractivity contribution in [2.45, 2.75) is 37.1 Å². The minimum Gasteiger partial charge on any atom is -0.486 e. The van der Waals surface area contributed by atoms with Crippen LogP contribution in [0.3, 0.4) is 0 Å². The highest BCUT2D eigenvalue weighted by Gasteiger charge is 2.33. The van der Waals surface area contributed by atoms with Crippen molar-refractivity contribution in [2.75, 3.05) is 26.3 Å². The predicted octanol–water partition coefficient (Wildman–Crippen LogP) is 2.50. The first-order valence-electron chi connectivity index (χ1n) is 11.2. The Labute approximate surface area is 198 Å². The van der Waals surface area contributed by atoms with Gasteiger partial charge >= 0.3 is 5.97 Å². The van der Waals surface area contributed by atoms with Crippen molar-refractivity contribution in [3.8, 4) is 11.5 Å². The van der Waals surface area contributed by atoms with E-state index in [1.54, 1.807) is 6.07 Å². The lowest BCUT2D eigenvalue weighted by Gasteiger charge is -2.31. The van der Waals surface area contributed by atoms with Gasteiger partial charge < -0.3 is 19.9 Å². The molecular formula is C24H28N2O7S. The monoisotopic (exact) mass is 488 g/mol. The Bertz CT molecular complexity index is 1160. The minimum absolute atomic E-state index is 0.126. The number of rotatable bonds is 7. The van der Waals surface area contributed by atoms with E-state index >= 15 is 0 Å². The number of nitrogens with zero attached hydrogens (tertiary/aromatic N) is 1. The van der Waals surface area contributed by atoms with Crippen molar-refractivity contribution in [3.63, 3.8) is 0 Å². The van der Waals surface area contributed by atoms with Crippen molar-refractivity contribution in [3.05, 3.63) is 53.6 Å². The molecule has 2 aromatic carbocycles. The number of ether oxygens (including phenoxy) is 2. The fraction of sp³-hybridized carbons (Fsp3) is 0.417. The molecule has 0 radical (unpaired) electrons. The van der Waals surface area contributed by atoms with E-state index in [0.717, 1.165) is 11.1 Å². The second-order valence-corrected chi connectivity index (χ2v) is 10.5. The Morgan fingerprint density at radius 1 is 1.06 bits per heavy atom. The molecule has 9 nitrogen and oxygen atoms in total. The van der Waals surface area contributed by atoms with E-state index < -0.39 is 28.0 Å². The van der Waals surface area contributed by atoms with Crippen molar-refractivity contribution in [1.82, 2.24) is 9.62 Å². The number of carbonyl (C=O) groups excluding carboxylic acids is 1. The van der Waals surface area contributed by atoms with Crippen LogP contribution in [0.25, 0.3) is 0 Å².